The third-order valence-corrected chi connectivity index (χ3v) is 12.4. The van der Waals surface area contributed by atoms with E-state index in [0.717, 1.165) is 54.2 Å². The van der Waals surface area contributed by atoms with Crippen LogP contribution in [0.25, 0.3) is 77.6 Å². The van der Waals surface area contributed by atoms with Crippen molar-refractivity contribution in [1.82, 2.24) is 4.57 Å². The van der Waals surface area contributed by atoms with E-state index in [2.05, 4.69) is 199 Å². The molecule has 0 saturated heterocycles. The molecule has 2 heterocycles. The van der Waals surface area contributed by atoms with E-state index in [1.54, 1.807) is 0 Å². The molecule has 10 aromatic rings. The molecule has 11 rings (SSSR count). The lowest BCUT2D eigenvalue weighted by atomic mass is 9.85. The summed E-state index contributed by atoms with van der Waals surface area (Å²) in [7, 11) is 0. The molecule has 0 bridgehead atoms. The number of furan rings is 1. The number of aryl methyl sites for hydroxylation is 1. The summed E-state index contributed by atoms with van der Waals surface area (Å²) < 4.78 is 9.19. The van der Waals surface area contributed by atoms with Gasteiger partial charge in [0, 0.05) is 38.7 Å². The maximum Gasteiger partial charge on any atom is 0.143 e. The number of fused-ring (bicyclic) bond motifs is 7. The van der Waals surface area contributed by atoms with Gasteiger partial charge in [0.2, 0.25) is 0 Å². The van der Waals surface area contributed by atoms with Crippen LogP contribution in [0.15, 0.2) is 192 Å². The van der Waals surface area contributed by atoms with Gasteiger partial charge in [-0.1, -0.05) is 164 Å². The lowest BCUT2D eigenvalue weighted by Crippen LogP contribution is -2.07. The predicted octanol–water partition coefficient (Wildman–Crippen LogP) is 14.9. The maximum absolute atomic E-state index is 6.71. The summed E-state index contributed by atoms with van der Waals surface area (Å²) in [5, 5.41) is 6.10. The molecule has 8 aromatic carbocycles. The van der Waals surface area contributed by atoms with Crippen LogP contribution in [0.1, 0.15) is 46.7 Å². The smallest absolute Gasteiger partial charge is 0.143 e. The number of hydrogen-bond acceptors (Lipinski definition) is 1. The molecule has 278 valence electrons. The second kappa shape index (κ2) is 14.6. The van der Waals surface area contributed by atoms with E-state index in [1.807, 2.05) is 0 Å². The molecule has 58 heavy (non-hydrogen) atoms. The lowest BCUT2D eigenvalue weighted by molar-refractivity contribution is 0.621. The van der Waals surface area contributed by atoms with E-state index in [9.17, 15) is 0 Å². The van der Waals surface area contributed by atoms with Crippen molar-refractivity contribution in [3.8, 4) is 27.9 Å². The Hall–Kier alpha value is -6.90. The predicted molar refractivity (Wildman–Crippen MR) is 244 cm³/mol. The molecule has 1 atom stereocenters. The zero-order valence-electron chi connectivity index (χ0n) is 32.4. The first-order valence-electron chi connectivity index (χ1n) is 20.7. The summed E-state index contributed by atoms with van der Waals surface area (Å²) in [6.07, 6.45) is 9.71. The molecule has 0 fully saturated rings. The van der Waals surface area contributed by atoms with Crippen molar-refractivity contribution in [3.63, 3.8) is 0 Å². The summed E-state index contributed by atoms with van der Waals surface area (Å²) in [6, 6.07) is 66.8. The van der Waals surface area contributed by atoms with Gasteiger partial charge in [0.05, 0.1) is 5.52 Å². The normalized spacial score (nSPS) is 13.1. The minimum absolute atomic E-state index is 0.337. The first-order valence-corrected chi connectivity index (χ1v) is 20.7. The van der Waals surface area contributed by atoms with E-state index in [-0.39, 0.29) is 0 Å². The van der Waals surface area contributed by atoms with Gasteiger partial charge in [0.25, 0.3) is 0 Å². The summed E-state index contributed by atoms with van der Waals surface area (Å²) in [5.41, 5.74) is 16.2. The number of benzene rings is 8. The molecular weight excluding hydrogens is 703 g/mol. The van der Waals surface area contributed by atoms with Gasteiger partial charge >= 0.3 is 0 Å². The van der Waals surface area contributed by atoms with E-state index < -0.39 is 0 Å². The van der Waals surface area contributed by atoms with Crippen molar-refractivity contribution in [2.24, 2.45) is 0 Å². The Kier molecular flexibility index (Phi) is 8.62. The van der Waals surface area contributed by atoms with Crippen LogP contribution in [0.5, 0.6) is 0 Å². The fraction of sp³-hybridized carbons (Fsp3) is 0.107. The number of rotatable bonds is 9. The van der Waals surface area contributed by atoms with Crippen LogP contribution < -0.4 is 0 Å². The highest BCUT2D eigenvalue weighted by molar-refractivity contribution is 6.13. The Morgan fingerprint density at radius 3 is 2.14 bits per heavy atom. The third-order valence-electron chi connectivity index (χ3n) is 12.4. The fourth-order valence-electron chi connectivity index (χ4n) is 9.52. The highest BCUT2D eigenvalue weighted by Crippen LogP contribution is 2.40. The molecule has 2 heteroatoms. The zero-order chi connectivity index (χ0) is 38.4. The summed E-state index contributed by atoms with van der Waals surface area (Å²) in [5.74, 6) is 0.337. The van der Waals surface area contributed by atoms with Crippen molar-refractivity contribution < 1.29 is 4.42 Å². The molecule has 1 aliphatic carbocycles. The van der Waals surface area contributed by atoms with E-state index >= 15 is 0 Å². The molecule has 1 aliphatic rings. The number of aromatic nitrogens is 1. The molecule has 0 radical (unpaired) electrons. The molecule has 0 aliphatic heterocycles. The first kappa shape index (κ1) is 34.4. The minimum Gasteiger partial charge on any atom is -0.455 e. The Morgan fingerprint density at radius 2 is 1.28 bits per heavy atom. The van der Waals surface area contributed by atoms with Gasteiger partial charge in [0.1, 0.15) is 11.2 Å². The quantitative estimate of drug-likeness (QED) is 0.144. The summed E-state index contributed by atoms with van der Waals surface area (Å²) >= 11 is 0. The van der Waals surface area contributed by atoms with Crippen molar-refractivity contribution in [2.75, 3.05) is 0 Å². The molecule has 0 saturated carbocycles. The molecule has 0 amide bonds. The number of nitrogens with zero attached hydrogens (tertiary/aromatic N) is 1. The van der Waals surface area contributed by atoms with Crippen molar-refractivity contribution in [1.29, 1.82) is 0 Å². The summed E-state index contributed by atoms with van der Waals surface area (Å²) in [6.45, 7) is 0. The van der Waals surface area contributed by atoms with Crippen LogP contribution in [0.3, 0.4) is 0 Å². The molecular formula is C56H43NO. The number of para-hydroxylation sites is 2. The number of hydrogen-bond donors (Lipinski definition) is 0. The average Bonchev–Trinajstić information content (AvgIpc) is 3.83. The SMILES string of the molecule is C1=Cc2c(n(-c3ccc(CC(CCc4ccccc4-c4cccc5c4oc4cc6ccccc6cc45)c4ccc(-c5ccccc5)cc4)cc3)c3ccccc23)CC1. The van der Waals surface area contributed by atoms with Gasteiger partial charge in [0.15, 0.2) is 0 Å². The van der Waals surface area contributed by atoms with Crippen LogP contribution >= 0.6 is 0 Å². The van der Waals surface area contributed by atoms with E-state index in [1.165, 1.54) is 77.4 Å². The van der Waals surface area contributed by atoms with Crippen molar-refractivity contribution in [2.45, 2.75) is 38.0 Å². The highest BCUT2D eigenvalue weighted by Gasteiger charge is 2.20. The van der Waals surface area contributed by atoms with Crippen LogP contribution in [-0.4, -0.2) is 4.57 Å². The molecule has 0 spiro atoms. The van der Waals surface area contributed by atoms with E-state index in [4.69, 9.17) is 4.42 Å². The molecule has 2 nitrogen and oxygen atoms in total. The lowest BCUT2D eigenvalue weighted by Gasteiger charge is -2.20. The third kappa shape index (κ3) is 6.13. The maximum atomic E-state index is 6.71. The molecule has 2 aromatic heterocycles. The van der Waals surface area contributed by atoms with Gasteiger partial charge in [-0.15, -0.1) is 0 Å². The van der Waals surface area contributed by atoms with Gasteiger partial charge < -0.3 is 8.98 Å². The van der Waals surface area contributed by atoms with Crippen LogP contribution in [-0.2, 0) is 19.3 Å². The monoisotopic (exact) mass is 745 g/mol. The van der Waals surface area contributed by atoms with Crippen molar-refractivity contribution >= 4 is 49.7 Å². The van der Waals surface area contributed by atoms with Gasteiger partial charge in [-0.2, -0.15) is 0 Å². The Balaban J connectivity index is 0.931. The van der Waals surface area contributed by atoms with Crippen LogP contribution in [0.2, 0.25) is 0 Å². The Morgan fingerprint density at radius 1 is 0.569 bits per heavy atom. The molecule has 1 unspecified atom stereocenters. The van der Waals surface area contributed by atoms with E-state index in [0.29, 0.717) is 5.92 Å². The van der Waals surface area contributed by atoms with Gasteiger partial charge in [-0.3, -0.25) is 0 Å². The standard InChI is InChI=1S/C56H43NO/c1-2-13-39(14-3-1)40-27-29-41(30-28-40)45(35-38-25-33-46(34-26-38)57-53-23-10-8-19-48(53)49-20-9-11-24-54(49)57)32-31-42-15-6-7-18-47(42)50-21-12-22-51-52-36-43-16-4-5-17-44(43)37-55(52)58-56(50)51/h1-10,12-23,25-30,33-34,36-37,45H,11,24,31-32,35H2. The zero-order valence-corrected chi connectivity index (χ0v) is 32.4. The van der Waals surface area contributed by atoms with Crippen LogP contribution in [0.4, 0.5) is 0 Å². The van der Waals surface area contributed by atoms with Gasteiger partial charge in [-0.25, -0.2) is 0 Å². The van der Waals surface area contributed by atoms with Gasteiger partial charge in [-0.05, 0) is 113 Å². The fourth-order valence-corrected chi connectivity index (χ4v) is 9.52. The van der Waals surface area contributed by atoms with Crippen LogP contribution in [0, 0.1) is 0 Å². The minimum atomic E-state index is 0.337. The summed E-state index contributed by atoms with van der Waals surface area (Å²) in [4.78, 5) is 0. The largest absolute Gasteiger partial charge is 0.455 e. The average molecular weight is 746 g/mol. The second-order valence-electron chi connectivity index (χ2n) is 15.9. The number of allylic oxidation sites excluding steroid dienone is 1. The Bertz CT molecular complexity index is 3120. The molecule has 0 N–H and O–H groups in total. The second-order valence-corrected chi connectivity index (χ2v) is 15.9. The van der Waals surface area contributed by atoms with Crippen molar-refractivity contribution in [3.05, 3.63) is 216 Å². The highest BCUT2D eigenvalue weighted by atomic mass is 16.3. The Labute approximate surface area is 339 Å². The first-order chi connectivity index (χ1) is 28.7. The topological polar surface area (TPSA) is 18.1 Å².